The van der Waals surface area contributed by atoms with Crippen LogP contribution in [0.1, 0.15) is 24.8 Å². The van der Waals surface area contributed by atoms with E-state index in [2.05, 4.69) is 5.32 Å². The molecule has 1 aromatic rings. The summed E-state index contributed by atoms with van der Waals surface area (Å²) in [6.45, 7) is 0.614. The minimum Gasteiger partial charge on any atom is -0.483 e. The molecule has 1 saturated heterocycles. The topological polar surface area (TPSA) is 38.3 Å². The van der Waals surface area contributed by atoms with Gasteiger partial charge in [0, 0.05) is 13.0 Å². The van der Waals surface area contributed by atoms with E-state index < -0.39 is 5.60 Å². The molecule has 1 spiro atoms. The molecule has 1 atom stereocenters. The van der Waals surface area contributed by atoms with Gasteiger partial charge < -0.3 is 10.1 Å². The predicted molar refractivity (Wildman–Crippen MR) is 60.3 cm³/mol. The molecule has 17 heavy (non-hydrogen) atoms. The molecule has 2 aliphatic heterocycles. The van der Waals surface area contributed by atoms with Crippen molar-refractivity contribution in [1.29, 1.82) is 0 Å². The zero-order chi connectivity index (χ0) is 11.9. The number of carbonyl (C=O) groups excluding carboxylic acids is 1. The molecule has 0 saturated carbocycles. The van der Waals surface area contributed by atoms with Crippen molar-refractivity contribution in [3.8, 4) is 5.75 Å². The summed E-state index contributed by atoms with van der Waals surface area (Å²) < 4.78 is 19.5. The van der Waals surface area contributed by atoms with Crippen LogP contribution in [-0.4, -0.2) is 18.1 Å². The maximum atomic E-state index is 13.7. The lowest BCUT2D eigenvalue weighted by Crippen LogP contribution is -2.50. The summed E-state index contributed by atoms with van der Waals surface area (Å²) in [6.07, 6.45) is 2.66. The molecule has 1 N–H and O–H groups in total. The summed E-state index contributed by atoms with van der Waals surface area (Å²) in [5.41, 5.74) is 0.416. The van der Waals surface area contributed by atoms with Gasteiger partial charge in [0.1, 0.15) is 5.60 Å². The van der Waals surface area contributed by atoms with Crippen LogP contribution in [0, 0.1) is 5.82 Å². The second kappa shape index (κ2) is 3.72. The second-order valence-electron chi connectivity index (χ2n) is 4.79. The molecule has 3 nitrogen and oxygen atoms in total. The van der Waals surface area contributed by atoms with Gasteiger partial charge in [-0.25, -0.2) is 4.39 Å². The van der Waals surface area contributed by atoms with Crippen molar-refractivity contribution in [2.45, 2.75) is 31.3 Å². The number of ether oxygens (including phenoxy) is 1. The highest BCUT2D eigenvalue weighted by Gasteiger charge is 2.41. The van der Waals surface area contributed by atoms with Gasteiger partial charge in [-0.05, 0) is 24.5 Å². The Labute approximate surface area is 99.0 Å². The van der Waals surface area contributed by atoms with E-state index in [9.17, 15) is 9.18 Å². The Morgan fingerprint density at radius 3 is 3.06 bits per heavy atom. The van der Waals surface area contributed by atoms with Crippen LogP contribution < -0.4 is 10.1 Å². The van der Waals surface area contributed by atoms with Crippen molar-refractivity contribution in [1.82, 2.24) is 5.32 Å². The highest BCUT2D eigenvalue weighted by atomic mass is 19.1. The van der Waals surface area contributed by atoms with Gasteiger partial charge in [-0.1, -0.05) is 12.1 Å². The highest BCUT2D eigenvalue weighted by Crippen LogP contribution is 2.39. The van der Waals surface area contributed by atoms with E-state index in [1.165, 1.54) is 6.07 Å². The summed E-state index contributed by atoms with van der Waals surface area (Å²) in [6, 6.07) is 4.98. The predicted octanol–water partition coefficient (Wildman–Crippen LogP) is 1.80. The first-order valence-electron chi connectivity index (χ1n) is 5.92. The first-order valence-corrected chi connectivity index (χ1v) is 5.92. The summed E-state index contributed by atoms with van der Waals surface area (Å²) in [5.74, 6) is 0.0112. The quantitative estimate of drug-likeness (QED) is 0.744. The van der Waals surface area contributed by atoms with Gasteiger partial charge in [0.2, 0.25) is 5.91 Å². The van der Waals surface area contributed by atoms with Crippen LogP contribution in [0.3, 0.4) is 0 Å². The first kappa shape index (κ1) is 10.6. The van der Waals surface area contributed by atoms with E-state index in [0.717, 1.165) is 24.8 Å². The SMILES string of the molecule is O=C1CC2(CCN1)CCc1cccc(F)c1O2. The zero-order valence-electron chi connectivity index (χ0n) is 9.46. The van der Waals surface area contributed by atoms with Gasteiger partial charge in [-0.15, -0.1) is 0 Å². The normalized spacial score (nSPS) is 27.2. The van der Waals surface area contributed by atoms with Crippen molar-refractivity contribution in [2.75, 3.05) is 6.54 Å². The van der Waals surface area contributed by atoms with E-state index in [-0.39, 0.29) is 11.7 Å². The molecule has 90 valence electrons. The van der Waals surface area contributed by atoms with E-state index in [4.69, 9.17) is 4.74 Å². The number of hydrogen-bond acceptors (Lipinski definition) is 2. The van der Waals surface area contributed by atoms with Gasteiger partial charge >= 0.3 is 0 Å². The lowest BCUT2D eigenvalue weighted by atomic mass is 9.83. The van der Waals surface area contributed by atoms with E-state index >= 15 is 0 Å². The number of aryl methyl sites for hydroxylation is 1. The minimum atomic E-state index is -0.489. The molecule has 2 aliphatic rings. The van der Waals surface area contributed by atoms with Crippen molar-refractivity contribution in [3.63, 3.8) is 0 Å². The summed E-state index contributed by atoms with van der Waals surface area (Å²) >= 11 is 0. The van der Waals surface area contributed by atoms with Crippen LogP contribution >= 0.6 is 0 Å². The maximum absolute atomic E-state index is 13.7. The van der Waals surface area contributed by atoms with Crippen LogP contribution in [0.2, 0.25) is 0 Å². The molecule has 1 unspecified atom stereocenters. The van der Waals surface area contributed by atoms with Crippen LogP contribution in [0.4, 0.5) is 4.39 Å². The Kier molecular flexibility index (Phi) is 2.31. The number of piperidine rings is 1. The van der Waals surface area contributed by atoms with Crippen molar-refractivity contribution >= 4 is 5.91 Å². The third-order valence-electron chi connectivity index (χ3n) is 3.60. The summed E-state index contributed by atoms with van der Waals surface area (Å²) in [7, 11) is 0. The number of halogens is 1. The molecule has 1 fully saturated rings. The molecule has 0 aliphatic carbocycles. The molecule has 0 radical (unpaired) electrons. The smallest absolute Gasteiger partial charge is 0.224 e. The average Bonchev–Trinajstić information content (AvgIpc) is 2.30. The minimum absolute atomic E-state index is 0.00367. The molecule has 4 heteroatoms. The number of hydrogen-bond donors (Lipinski definition) is 1. The lowest BCUT2D eigenvalue weighted by Gasteiger charge is -2.40. The van der Waals surface area contributed by atoms with Gasteiger partial charge in [0.05, 0.1) is 6.42 Å². The average molecular weight is 235 g/mol. The van der Waals surface area contributed by atoms with E-state index in [1.54, 1.807) is 6.07 Å². The number of amides is 1. The van der Waals surface area contributed by atoms with Gasteiger partial charge in [-0.2, -0.15) is 0 Å². The fourth-order valence-corrected chi connectivity index (χ4v) is 2.67. The number of benzene rings is 1. The van der Waals surface area contributed by atoms with Crippen molar-refractivity contribution < 1.29 is 13.9 Å². The number of para-hydroxylation sites is 1. The molecule has 2 heterocycles. The van der Waals surface area contributed by atoms with Gasteiger partial charge in [-0.3, -0.25) is 4.79 Å². The molecular formula is C13H14FNO2. The summed E-state index contributed by atoms with van der Waals surface area (Å²) in [5, 5.41) is 2.78. The Hall–Kier alpha value is -1.58. The fraction of sp³-hybridized carbons (Fsp3) is 0.462. The largest absolute Gasteiger partial charge is 0.483 e. The third-order valence-corrected chi connectivity index (χ3v) is 3.60. The van der Waals surface area contributed by atoms with Crippen LogP contribution in [-0.2, 0) is 11.2 Å². The Morgan fingerprint density at radius 1 is 1.35 bits per heavy atom. The number of carbonyl (C=O) groups is 1. The fourth-order valence-electron chi connectivity index (χ4n) is 2.67. The molecule has 1 amide bonds. The molecule has 1 aromatic carbocycles. The summed E-state index contributed by atoms with van der Waals surface area (Å²) in [4.78, 5) is 11.4. The van der Waals surface area contributed by atoms with Crippen LogP contribution in [0.25, 0.3) is 0 Å². The Bertz CT molecular complexity index is 474. The van der Waals surface area contributed by atoms with Crippen LogP contribution in [0.15, 0.2) is 18.2 Å². The third kappa shape index (κ3) is 1.77. The number of nitrogens with one attached hydrogen (secondary N) is 1. The standard InChI is InChI=1S/C13H14FNO2/c14-10-3-1-2-9-4-5-13(17-12(9)10)6-7-15-11(16)8-13/h1-3H,4-8H2,(H,15,16). The van der Waals surface area contributed by atoms with Gasteiger partial charge in [0.15, 0.2) is 11.6 Å². The second-order valence-corrected chi connectivity index (χ2v) is 4.79. The van der Waals surface area contributed by atoms with Crippen molar-refractivity contribution in [2.24, 2.45) is 0 Å². The van der Waals surface area contributed by atoms with Crippen LogP contribution in [0.5, 0.6) is 5.75 Å². The molecule has 3 rings (SSSR count). The highest BCUT2D eigenvalue weighted by molar-refractivity contribution is 5.78. The van der Waals surface area contributed by atoms with E-state index in [0.29, 0.717) is 18.7 Å². The van der Waals surface area contributed by atoms with Gasteiger partial charge in [0.25, 0.3) is 0 Å². The lowest BCUT2D eigenvalue weighted by molar-refractivity contribution is -0.129. The maximum Gasteiger partial charge on any atom is 0.224 e. The molecule has 0 bridgehead atoms. The van der Waals surface area contributed by atoms with E-state index in [1.807, 2.05) is 6.07 Å². The number of fused-ring (bicyclic) bond motifs is 1. The molecular weight excluding hydrogens is 221 g/mol. The number of rotatable bonds is 0. The zero-order valence-corrected chi connectivity index (χ0v) is 9.46. The Morgan fingerprint density at radius 2 is 2.24 bits per heavy atom. The first-order chi connectivity index (χ1) is 8.19. The Balaban J connectivity index is 1.93. The molecule has 0 aromatic heterocycles. The monoisotopic (exact) mass is 235 g/mol. The van der Waals surface area contributed by atoms with Crippen molar-refractivity contribution in [3.05, 3.63) is 29.6 Å².